The Hall–Kier alpha value is -0.540. The maximum absolute atomic E-state index is 12.0. The van der Waals surface area contributed by atoms with Crippen LogP contribution in [0.1, 0.15) is 36.0 Å². The summed E-state index contributed by atoms with van der Waals surface area (Å²) in [5.41, 5.74) is 0.676. The fourth-order valence-electron chi connectivity index (χ4n) is 2.68. The van der Waals surface area contributed by atoms with Gasteiger partial charge in [0.1, 0.15) is 0 Å². The molecular weight excluding hydrogens is 326 g/mol. The molecule has 0 spiro atoms. The van der Waals surface area contributed by atoms with Gasteiger partial charge in [0, 0.05) is 22.5 Å². The number of benzene rings is 1. The zero-order valence-corrected chi connectivity index (χ0v) is 13.2. The summed E-state index contributed by atoms with van der Waals surface area (Å²) in [6.07, 6.45) is 5.09. The lowest BCUT2D eigenvalue weighted by molar-refractivity contribution is 0.0937. The number of amides is 1. The Balaban J connectivity index is 1.87. The van der Waals surface area contributed by atoms with E-state index in [-0.39, 0.29) is 5.91 Å². The van der Waals surface area contributed by atoms with Crippen molar-refractivity contribution in [2.45, 2.75) is 25.7 Å². The molecule has 1 saturated carbocycles. The monoisotopic (exact) mass is 343 g/mol. The highest BCUT2D eigenvalue weighted by atomic mass is 79.9. The van der Waals surface area contributed by atoms with Gasteiger partial charge in [0.2, 0.25) is 0 Å². The first-order chi connectivity index (χ1) is 9.20. The minimum atomic E-state index is -0.00411. The summed E-state index contributed by atoms with van der Waals surface area (Å²) in [5, 5.41) is 4.74. The third-order valence-corrected chi connectivity index (χ3v) is 4.98. The van der Waals surface area contributed by atoms with Gasteiger partial charge < -0.3 is 5.32 Å². The molecule has 0 radical (unpaired) electrons. The van der Waals surface area contributed by atoms with Crippen molar-refractivity contribution in [3.8, 4) is 0 Å². The van der Waals surface area contributed by atoms with Crippen molar-refractivity contribution in [3.63, 3.8) is 0 Å². The van der Waals surface area contributed by atoms with Gasteiger partial charge in [-0.05, 0) is 48.9 Å². The number of rotatable bonds is 4. The van der Waals surface area contributed by atoms with E-state index in [0.717, 1.165) is 11.9 Å². The summed E-state index contributed by atoms with van der Waals surface area (Å²) in [4.78, 5) is 12.0. The standard InChI is InChI=1S/C15H19BrClNO/c16-9-12-3-1-2-4-13(12)10-18-15(19)11-5-7-14(17)8-6-11/h5-8,12-13H,1-4,9-10H2,(H,18,19). The molecule has 2 nitrogen and oxygen atoms in total. The summed E-state index contributed by atoms with van der Waals surface area (Å²) in [5.74, 6) is 1.29. The highest BCUT2D eigenvalue weighted by Crippen LogP contribution is 2.30. The summed E-state index contributed by atoms with van der Waals surface area (Å²) in [6.45, 7) is 0.776. The van der Waals surface area contributed by atoms with E-state index < -0.39 is 0 Å². The van der Waals surface area contributed by atoms with Crippen LogP contribution in [-0.2, 0) is 0 Å². The number of alkyl halides is 1. The van der Waals surface area contributed by atoms with E-state index >= 15 is 0 Å². The molecule has 0 aliphatic heterocycles. The number of nitrogens with one attached hydrogen (secondary N) is 1. The molecule has 1 aromatic carbocycles. The number of carbonyl (C=O) groups excluding carboxylic acids is 1. The van der Waals surface area contributed by atoms with E-state index in [1.165, 1.54) is 25.7 Å². The average molecular weight is 345 g/mol. The van der Waals surface area contributed by atoms with Crippen molar-refractivity contribution < 1.29 is 4.79 Å². The van der Waals surface area contributed by atoms with E-state index in [1.54, 1.807) is 24.3 Å². The van der Waals surface area contributed by atoms with Crippen LogP contribution in [0, 0.1) is 11.8 Å². The fraction of sp³-hybridized carbons (Fsp3) is 0.533. The van der Waals surface area contributed by atoms with Gasteiger partial charge in [0.05, 0.1) is 0 Å². The molecule has 0 saturated heterocycles. The molecule has 2 rings (SSSR count). The lowest BCUT2D eigenvalue weighted by Crippen LogP contribution is -2.34. The van der Waals surface area contributed by atoms with Gasteiger partial charge in [-0.25, -0.2) is 0 Å². The minimum absolute atomic E-state index is 0.00411. The molecule has 0 heterocycles. The maximum atomic E-state index is 12.0. The number of halogens is 2. The summed E-state index contributed by atoms with van der Waals surface area (Å²) >= 11 is 9.40. The van der Waals surface area contributed by atoms with E-state index in [9.17, 15) is 4.79 Å². The number of hydrogen-bond acceptors (Lipinski definition) is 1. The average Bonchev–Trinajstić information content (AvgIpc) is 2.45. The van der Waals surface area contributed by atoms with Gasteiger partial charge in [0.25, 0.3) is 5.91 Å². The van der Waals surface area contributed by atoms with Crippen LogP contribution >= 0.6 is 27.5 Å². The minimum Gasteiger partial charge on any atom is -0.352 e. The van der Waals surface area contributed by atoms with Crippen LogP contribution < -0.4 is 5.32 Å². The van der Waals surface area contributed by atoms with Gasteiger partial charge in [-0.2, -0.15) is 0 Å². The fourth-order valence-corrected chi connectivity index (χ4v) is 3.66. The Morgan fingerprint density at radius 2 is 1.84 bits per heavy atom. The topological polar surface area (TPSA) is 29.1 Å². The van der Waals surface area contributed by atoms with Gasteiger partial charge in [-0.3, -0.25) is 4.79 Å². The lowest BCUT2D eigenvalue weighted by atomic mass is 9.80. The van der Waals surface area contributed by atoms with Gasteiger partial charge >= 0.3 is 0 Å². The van der Waals surface area contributed by atoms with Crippen LogP contribution in [0.4, 0.5) is 0 Å². The molecule has 19 heavy (non-hydrogen) atoms. The van der Waals surface area contributed by atoms with E-state index in [0.29, 0.717) is 22.4 Å². The second kappa shape index (κ2) is 7.30. The Kier molecular flexibility index (Phi) is 5.71. The summed E-state index contributed by atoms with van der Waals surface area (Å²) < 4.78 is 0. The van der Waals surface area contributed by atoms with Gasteiger partial charge in [-0.1, -0.05) is 40.4 Å². The first-order valence-corrected chi connectivity index (χ1v) is 8.30. The van der Waals surface area contributed by atoms with Crippen LogP contribution in [0.25, 0.3) is 0 Å². The van der Waals surface area contributed by atoms with Crippen LogP contribution in [0.15, 0.2) is 24.3 Å². The van der Waals surface area contributed by atoms with E-state index in [2.05, 4.69) is 21.2 Å². The molecule has 1 aliphatic rings. The second-order valence-corrected chi connectivity index (χ2v) is 6.26. The van der Waals surface area contributed by atoms with Crippen LogP contribution in [0.5, 0.6) is 0 Å². The molecule has 104 valence electrons. The van der Waals surface area contributed by atoms with Crippen LogP contribution in [-0.4, -0.2) is 17.8 Å². The molecule has 1 amide bonds. The van der Waals surface area contributed by atoms with Crippen molar-refractivity contribution in [1.82, 2.24) is 5.32 Å². The van der Waals surface area contributed by atoms with Gasteiger partial charge in [-0.15, -0.1) is 0 Å². The first kappa shape index (κ1) is 14.9. The zero-order valence-electron chi connectivity index (χ0n) is 10.9. The first-order valence-electron chi connectivity index (χ1n) is 6.80. The molecule has 1 aliphatic carbocycles. The molecule has 0 aromatic heterocycles. The predicted molar refractivity (Wildman–Crippen MR) is 83.0 cm³/mol. The predicted octanol–water partition coefficient (Wildman–Crippen LogP) is 4.27. The molecule has 2 atom stereocenters. The van der Waals surface area contributed by atoms with Crippen molar-refractivity contribution in [1.29, 1.82) is 0 Å². The maximum Gasteiger partial charge on any atom is 0.251 e. The molecule has 2 unspecified atom stereocenters. The van der Waals surface area contributed by atoms with E-state index in [1.807, 2.05) is 0 Å². The second-order valence-electron chi connectivity index (χ2n) is 5.18. The zero-order chi connectivity index (χ0) is 13.7. The van der Waals surface area contributed by atoms with Crippen molar-refractivity contribution in [3.05, 3.63) is 34.9 Å². The Bertz CT molecular complexity index is 421. The van der Waals surface area contributed by atoms with Crippen molar-refractivity contribution in [2.75, 3.05) is 11.9 Å². The molecule has 1 N–H and O–H groups in total. The number of carbonyl (C=O) groups is 1. The molecule has 0 bridgehead atoms. The lowest BCUT2D eigenvalue weighted by Gasteiger charge is -2.30. The SMILES string of the molecule is O=C(NCC1CCCCC1CBr)c1ccc(Cl)cc1. The van der Waals surface area contributed by atoms with Crippen LogP contribution in [0.3, 0.4) is 0 Å². The molecular formula is C15H19BrClNO. The highest BCUT2D eigenvalue weighted by molar-refractivity contribution is 9.09. The van der Waals surface area contributed by atoms with Crippen molar-refractivity contribution >= 4 is 33.4 Å². The quantitative estimate of drug-likeness (QED) is 0.812. The Labute approximate surface area is 128 Å². The normalized spacial score (nSPS) is 23.1. The third-order valence-electron chi connectivity index (χ3n) is 3.90. The van der Waals surface area contributed by atoms with Crippen LogP contribution in [0.2, 0.25) is 5.02 Å². The van der Waals surface area contributed by atoms with E-state index in [4.69, 9.17) is 11.6 Å². The summed E-state index contributed by atoms with van der Waals surface area (Å²) in [7, 11) is 0. The Morgan fingerprint density at radius 3 is 2.47 bits per heavy atom. The molecule has 4 heteroatoms. The summed E-state index contributed by atoms with van der Waals surface area (Å²) in [6, 6.07) is 7.03. The third kappa shape index (κ3) is 4.22. The Morgan fingerprint density at radius 1 is 1.21 bits per heavy atom. The molecule has 1 aromatic rings. The van der Waals surface area contributed by atoms with Crippen molar-refractivity contribution in [2.24, 2.45) is 11.8 Å². The largest absolute Gasteiger partial charge is 0.352 e. The smallest absolute Gasteiger partial charge is 0.251 e. The number of hydrogen-bond donors (Lipinski definition) is 1. The molecule has 1 fully saturated rings. The van der Waals surface area contributed by atoms with Gasteiger partial charge in [0.15, 0.2) is 0 Å². The highest BCUT2D eigenvalue weighted by Gasteiger charge is 2.24.